The molecule has 4 rings (SSSR count). The second-order valence-corrected chi connectivity index (χ2v) is 6.18. The van der Waals surface area contributed by atoms with Gasteiger partial charge in [0.25, 0.3) is 0 Å². The molecular formula is C21H21NO. The molecule has 2 unspecified atom stereocenters. The molecule has 23 heavy (non-hydrogen) atoms. The van der Waals surface area contributed by atoms with Gasteiger partial charge < -0.3 is 10.1 Å². The number of benzene rings is 3. The summed E-state index contributed by atoms with van der Waals surface area (Å²) >= 11 is 0. The van der Waals surface area contributed by atoms with E-state index in [1.165, 1.54) is 21.9 Å². The standard InChI is InChI=1S/C21H21NO/c1-15(17-11-6-8-16-7-2-3-9-18(16)17)22-20-13-14-23-21-12-5-4-10-19(20)21/h2-12,15,20,22H,13-14H2,1H3. The van der Waals surface area contributed by atoms with Gasteiger partial charge in [-0.2, -0.15) is 0 Å². The van der Waals surface area contributed by atoms with Gasteiger partial charge in [0.05, 0.1) is 6.61 Å². The summed E-state index contributed by atoms with van der Waals surface area (Å²) in [4.78, 5) is 0. The number of hydrogen-bond donors (Lipinski definition) is 1. The van der Waals surface area contributed by atoms with Crippen LogP contribution in [0.1, 0.15) is 36.6 Å². The number of para-hydroxylation sites is 1. The zero-order chi connectivity index (χ0) is 15.6. The molecule has 0 aromatic heterocycles. The van der Waals surface area contributed by atoms with Crippen LogP contribution in [-0.2, 0) is 0 Å². The molecule has 0 fully saturated rings. The predicted octanol–water partition coefficient (Wildman–Crippen LogP) is 5.01. The lowest BCUT2D eigenvalue weighted by atomic mass is 9.96. The van der Waals surface area contributed by atoms with E-state index in [-0.39, 0.29) is 6.04 Å². The number of hydrogen-bond acceptors (Lipinski definition) is 2. The highest BCUT2D eigenvalue weighted by molar-refractivity contribution is 5.86. The first-order chi connectivity index (χ1) is 11.3. The lowest BCUT2D eigenvalue weighted by Crippen LogP contribution is -2.29. The predicted molar refractivity (Wildman–Crippen MR) is 94.8 cm³/mol. The van der Waals surface area contributed by atoms with Crippen LogP contribution >= 0.6 is 0 Å². The number of fused-ring (bicyclic) bond motifs is 2. The van der Waals surface area contributed by atoms with Gasteiger partial charge in [-0.25, -0.2) is 0 Å². The van der Waals surface area contributed by atoms with E-state index in [2.05, 4.69) is 72.9 Å². The average Bonchev–Trinajstić information content (AvgIpc) is 2.61. The number of nitrogens with one attached hydrogen (secondary N) is 1. The van der Waals surface area contributed by atoms with Crippen LogP contribution in [-0.4, -0.2) is 6.61 Å². The first-order valence-electron chi connectivity index (χ1n) is 8.28. The molecule has 3 aromatic carbocycles. The van der Waals surface area contributed by atoms with E-state index < -0.39 is 0 Å². The molecule has 0 aliphatic carbocycles. The third-order valence-electron chi connectivity index (χ3n) is 4.70. The summed E-state index contributed by atoms with van der Waals surface area (Å²) in [6, 6.07) is 24.1. The summed E-state index contributed by atoms with van der Waals surface area (Å²) in [7, 11) is 0. The lowest BCUT2D eigenvalue weighted by molar-refractivity contribution is 0.246. The van der Waals surface area contributed by atoms with Crippen LogP contribution in [0, 0.1) is 0 Å². The fraction of sp³-hybridized carbons (Fsp3) is 0.238. The monoisotopic (exact) mass is 303 g/mol. The fourth-order valence-electron chi connectivity index (χ4n) is 3.53. The van der Waals surface area contributed by atoms with Gasteiger partial charge >= 0.3 is 0 Å². The molecule has 3 aromatic rings. The highest BCUT2D eigenvalue weighted by Gasteiger charge is 2.23. The van der Waals surface area contributed by atoms with Gasteiger partial charge in [-0.05, 0) is 29.3 Å². The van der Waals surface area contributed by atoms with Gasteiger partial charge in [-0.1, -0.05) is 60.7 Å². The van der Waals surface area contributed by atoms with Crippen molar-refractivity contribution >= 4 is 10.8 Å². The number of ether oxygens (including phenoxy) is 1. The zero-order valence-electron chi connectivity index (χ0n) is 13.3. The van der Waals surface area contributed by atoms with Crippen molar-refractivity contribution in [1.82, 2.24) is 5.32 Å². The van der Waals surface area contributed by atoms with Crippen LogP contribution in [0.15, 0.2) is 66.7 Å². The highest BCUT2D eigenvalue weighted by atomic mass is 16.5. The molecule has 0 saturated heterocycles. The van der Waals surface area contributed by atoms with Gasteiger partial charge in [-0.3, -0.25) is 0 Å². The smallest absolute Gasteiger partial charge is 0.124 e. The van der Waals surface area contributed by atoms with E-state index in [1.54, 1.807) is 0 Å². The molecule has 0 spiro atoms. The summed E-state index contributed by atoms with van der Waals surface area (Å²) in [6.45, 7) is 3.02. The second-order valence-electron chi connectivity index (χ2n) is 6.18. The second kappa shape index (κ2) is 6.05. The quantitative estimate of drug-likeness (QED) is 0.734. The normalized spacial score (nSPS) is 18.2. The minimum absolute atomic E-state index is 0.289. The summed E-state index contributed by atoms with van der Waals surface area (Å²) in [5.41, 5.74) is 2.62. The Hall–Kier alpha value is -2.32. The Bertz CT molecular complexity index is 821. The SMILES string of the molecule is CC(NC1CCOc2ccccc21)c1cccc2ccccc12. The molecule has 0 radical (unpaired) electrons. The van der Waals surface area contributed by atoms with E-state index >= 15 is 0 Å². The maximum atomic E-state index is 5.77. The maximum Gasteiger partial charge on any atom is 0.124 e. The van der Waals surface area contributed by atoms with Crippen LogP contribution in [0.25, 0.3) is 10.8 Å². The molecule has 1 heterocycles. The summed E-state index contributed by atoms with van der Waals surface area (Å²) < 4.78 is 5.77. The van der Waals surface area contributed by atoms with Gasteiger partial charge in [0, 0.05) is 24.1 Å². The molecule has 0 amide bonds. The van der Waals surface area contributed by atoms with Gasteiger partial charge in [0.2, 0.25) is 0 Å². The maximum absolute atomic E-state index is 5.77. The van der Waals surface area contributed by atoms with Crippen LogP contribution < -0.4 is 10.1 Å². The van der Waals surface area contributed by atoms with Gasteiger partial charge in [-0.15, -0.1) is 0 Å². The van der Waals surface area contributed by atoms with Crippen LogP contribution in [0.2, 0.25) is 0 Å². The Morgan fingerprint density at radius 1 is 0.957 bits per heavy atom. The average molecular weight is 303 g/mol. The van der Waals surface area contributed by atoms with E-state index in [0.29, 0.717) is 6.04 Å². The van der Waals surface area contributed by atoms with Crippen LogP contribution in [0.4, 0.5) is 0 Å². The Morgan fingerprint density at radius 2 is 1.74 bits per heavy atom. The third-order valence-corrected chi connectivity index (χ3v) is 4.70. The minimum Gasteiger partial charge on any atom is -0.493 e. The molecule has 1 N–H and O–H groups in total. The van der Waals surface area contributed by atoms with Crippen molar-refractivity contribution in [2.24, 2.45) is 0 Å². The van der Waals surface area contributed by atoms with E-state index in [9.17, 15) is 0 Å². The summed E-state index contributed by atoms with van der Waals surface area (Å²) in [5, 5.41) is 6.43. The zero-order valence-corrected chi connectivity index (χ0v) is 13.3. The fourth-order valence-corrected chi connectivity index (χ4v) is 3.53. The summed E-state index contributed by atoms with van der Waals surface area (Å²) in [6.07, 6.45) is 1.01. The van der Waals surface area contributed by atoms with E-state index in [4.69, 9.17) is 4.74 Å². The van der Waals surface area contributed by atoms with Crippen LogP contribution in [0.3, 0.4) is 0 Å². The van der Waals surface area contributed by atoms with Gasteiger partial charge in [0.15, 0.2) is 0 Å². The largest absolute Gasteiger partial charge is 0.493 e. The minimum atomic E-state index is 0.289. The lowest BCUT2D eigenvalue weighted by Gasteiger charge is -2.30. The number of rotatable bonds is 3. The van der Waals surface area contributed by atoms with Crippen molar-refractivity contribution in [3.05, 3.63) is 77.9 Å². The first kappa shape index (κ1) is 14.3. The van der Waals surface area contributed by atoms with Gasteiger partial charge in [0.1, 0.15) is 5.75 Å². The Morgan fingerprint density at radius 3 is 2.70 bits per heavy atom. The summed E-state index contributed by atoms with van der Waals surface area (Å²) in [5.74, 6) is 1.02. The van der Waals surface area contributed by atoms with Crippen LogP contribution in [0.5, 0.6) is 5.75 Å². The molecule has 1 aliphatic rings. The van der Waals surface area contributed by atoms with Crippen molar-refractivity contribution in [2.45, 2.75) is 25.4 Å². The molecule has 2 atom stereocenters. The van der Waals surface area contributed by atoms with Crippen molar-refractivity contribution in [3.63, 3.8) is 0 Å². The van der Waals surface area contributed by atoms with Crippen molar-refractivity contribution in [3.8, 4) is 5.75 Å². The molecule has 0 bridgehead atoms. The topological polar surface area (TPSA) is 21.3 Å². The molecule has 0 saturated carbocycles. The first-order valence-corrected chi connectivity index (χ1v) is 8.28. The van der Waals surface area contributed by atoms with Crippen molar-refractivity contribution in [1.29, 1.82) is 0 Å². The molecule has 2 nitrogen and oxygen atoms in total. The van der Waals surface area contributed by atoms with E-state index in [1.807, 2.05) is 6.07 Å². The molecular weight excluding hydrogens is 282 g/mol. The molecule has 116 valence electrons. The van der Waals surface area contributed by atoms with Crippen molar-refractivity contribution in [2.75, 3.05) is 6.61 Å². The Balaban J connectivity index is 1.64. The molecule has 1 aliphatic heterocycles. The highest BCUT2D eigenvalue weighted by Crippen LogP contribution is 2.34. The Labute approximate surface area is 137 Å². The van der Waals surface area contributed by atoms with E-state index in [0.717, 1.165) is 18.8 Å². The Kier molecular flexibility index (Phi) is 3.76. The van der Waals surface area contributed by atoms with Crippen molar-refractivity contribution < 1.29 is 4.74 Å². The molecule has 2 heteroatoms. The third kappa shape index (κ3) is 2.71.